The smallest absolute Gasteiger partial charge is 0.0409 e. The minimum Gasteiger partial charge on any atom is -0.103 e. The van der Waals surface area contributed by atoms with E-state index in [1.54, 1.807) is 0 Å². The summed E-state index contributed by atoms with van der Waals surface area (Å²) in [7, 11) is 0. The van der Waals surface area contributed by atoms with Gasteiger partial charge in [-0.1, -0.05) is 33.6 Å². The third-order valence-corrected chi connectivity index (χ3v) is 2.38. The molecule has 0 heterocycles. The number of rotatable bonds is 2. The Bertz CT molecular complexity index is 268. The number of benzene rings is 1. The predicted molar refractivity (Wildman–Crippen MR) is 53.1 cm³/mol. The molecule has 0 aliphatic rings. The van der Waals surface area contributed by atoms with Crippen molar-refractivity contribution >= 4 is 27.5 Å². The van der Waals surface area contributed by atoms with Gasteiger partial charge in [0.15, 0.2) is 0 Å². The van der Waals surface area contributed by atoms with Gasteiger partial charge in [0, 0.05) is 9.50 Å². The van der Waals surface area contributed by atoms with Gasteiger partial charge in [0.05, 0.1) is 0 Å². The van der Waals surface area contributed by atoms with Crippen LogP contribution in [0.15, 0.2) is 35.3 Å². The zero-order valence-corrected chi connectivity index (χ0v) is 8.32. The molecule has 1 aromatic carbocycles. The van der Waals surface area contributed by atoms with Crippen molar-refractivity contribution in [1.29, 1.82) is 0 Å². The standard InChI is InChI=1S/C9H8BrCl/c1-2-3-7-6-8(11)4-5-9(7)10/h2,4-6H,1,3H2. The zero-order chi connectivity index (χ0) is 8.27. The Labute approximate surface area is 80.0 Å². The molecule has 58 valence electrons. The number of hydrogen-bond acceptors (Lipinski definition) is 0. The summed E-state index contributed by atoms with van der Waals surface area (Å²) in [5.41, 5.74) is 1.17. The summed E-state index contributed by atoms with van der Waals surface area (Å²) >= 11 is 9.22. The van der Waals surface area contributed by atoms with Crippen LogP contribution in [-0.2, 0) is 6.42 Å². The molecule has 0 aliphatic carbocycles. The van der Waals surface area contributed by atoms with Crippen LogP contribution in [-0.4, -0.2) is 0 Å². The summed E-state index contributed by atoms with van der Waals surface area (Å²) in [6.07, 6.45) is 2.71. The van der Waals surface area contributed by atoms with Gasteiger partial charge in [-0.2, -0.15) is 0 Å². The molecule has 0 saturated carbocycles. The summed E-state index contributed by atoms with van der Waals surface area (Å²) in [5, 5.41) is 0.769. The van der Waals surface area contributed by atoms with E-state index in [-0.39, 0.29) is 0 Å². The van der Waals surface area contributed by atoms with Crippen LogP contribution in [0.4, 0.5) is 0 Å². The highest BCUT2D eigenvalue weighted by atomic mass is 79.9. The molecule has 0 radical (unpaired) electrons. The molecule has 1 rings (SSSR count). The van der Waals surface area contributed by atoms with Crippen molar-refractivity contribution in [3.8, 4) is 0 Å². The van der Waals surface area contributed by atoms with Gasteiger partial charge >= 0.3 is 0 Å². The summed E-state index contributed by atoms with van der Waals surface area (Å²) in [6, 6.07) is 5.74. The van der Waals surface area contributed by atoms with Crippen molar-refractivity contribution < 1.29 is 0 Å². The van der Waals surface area contributed by atoms with Crippen molar-refractivity contribution in [2.45, 2.75) is 6.42 Å². The van der Waals surface area contributed by atoms with Gasteiger partial charge < -0.3 is 0 Å². The highest BCUT2D eigenvalue weighted by Crippen LogP contribution is 2.21. The first-order chi connectivity index (χ1) is 5.24. The molecule has 0 aromatic heterocycles. The molecule has 0 fully saturated rings. The largest absolute Gasteiger partial charge is 0.103 e. The van der Waals surface area contributed by atoms with Gasteiger partial charge in [0.2, 0.25) is 0 Å². The van der Waals surface area contributed by atoms with Crippen molar-refractivity contribution in [3.63, 3.8) is 0 Å². The van der Waals surface area contributed by atoms with Crippen molar-refractivity contribution in [3.05, 3.63) is 45.9 Å². The number of halogens is 2. The van der Waals surface area contributed by atoms with E-state index in [9.17, 15) is 0 Å². The van der Waals surface area contributed by atoms with Crippen LogP contribution in [0.25, 0.3) is 0 Å². The van der Waals surface area contributed by atoms with Crippen LogP contribution in [0.5, 0.6) is 0 Å². The predicted octanol–water partition coefficient (Wildman–Crippen LogP) is 3.83. The Morgan fingerprint density at radius 1 is 1.55 bits per heavy atom. The van der Waals surface area contributed by atoms with E-state index in [2.05, 4.69) is 22.5 Å². The molecule has 1 aromatic rings. The lowest BCUT2D eigenvalue weighted by Gasteiger charge is -2.00. The first kappa shape index (κ1) is 8.82. The molecule has 11 heavy (non-hydrogen) atoms. The Balaban J connectivity index is 3.01. The molecule has 0 amide bonds. The van der Waals surface area contributed by atoms with Gasteiger partial charge in [0.1, 0.15) is 0 Å². The number of hydrogen-bond donors (Lipinski definition) is 0. The van der Waals surface area contributed by atoms with Crippen LogP contribution in [0, 0.1) is 0 Å². The van der Waals surface area contributed by atoms with Crippen molar-refractivity contribution in [2.24, 2.45) is 0 Å². The molecular formula is C9H8BrCl. The van der Waals surface area contributed by atoms with E-state index in [1.165, 1.54) is 5.56 Å². The van der Waals surface area contributed by atoms with E-state index >= 15 is 0 Å². The molecule has 0 saturated heterocycles. The lowest BCUT2D eigenvalue weighted by Crippen LogP contribution is -1.81. The fraction of sp³-hybridized carbons (Fsp3) is 0.111. The van der Waals surface area contributed by atoms with Gasteiger partial charge in [-0.15, -0.1) is 6.58 Å². The normalized spacial score (nSPS) is 9.64. The monoisotopic (exact) mass is 230 g/mol. The highest BCUT2D eigenvalue weighted by Gasteiger charge is 1.97. The number of allylic oxidation sites excluding steroid dienone is 1. The van der Waals surface area contributed by atoms with Gasteiger partial charge in [-0.05, 0) is 30.2 Å². The SMILES string of the molecule is C=CCc1cc(Cl)ccc1Br. The fourth-order valence-electron chi connectivity index (χ4n) is 0.855. The maximum atomic E-state index is 5.80. The van der Waals surface area contributed by atoms with Gasteiger partial charge in [0.25, 0.3) is 0 Å². The lowest BCUT2D eigenvalue weighted by molar-refractivity contribution is 1.26. The molecule has 0 unspecified atom stereocenters. The van der Waals surface area contributed by atoms with Crippen LogP contribution in [0.2, 0.25) is 5.02 Å². The second kappa shape index (κ2) is 3.93. The van der Waals surface area contributed by atoms with E-state index in [4.69, 9.17) is 11.6 Å². The fourth-order valence-corrected chi connectivity index (χ4v) is 1.46. The quantitative estimate of drug-likeness (QED) is 0.679. The average molecular weight is 232 g/mol. The van der Waals surface area contributed by atoms with E-state index < -0.39 is 0 Å². The van der Waals surface area contributed by atoms with Crippen LogP contribution >= 0.6 is 27.5 Å². The first-order valence-corrected chi connectivity index (χ1v) is 4.46. The molecule has 0 spiro atoms. The van der Waals surface area contributed by atoms with Gasteiger partial charge in [-0.25, -0.2) is 0 Å². The van der Waals surface area contributed by atoms with Crippen molar-refractivity contribution in [1.82, 2.24) is 0 Å². The Morgan fingerprint density at radius 2 is 2.27 bits per heavy atom. The summed E-state index contributed by atoms with van der Waals surface area (Å²) < 4.78 is 1.09. The third-order valence-electron chi connectivity index (χ3n) is 1.37. The molecule has 0 atom stereocenters. The molecule has 0 aliphatic heterocycles. The molecular weight excluding hydrogens is 223 g/mol. The Morgan fingerprint density at radius 3 is 2.91 bits per heavy atom. The van der Waals surface area contributed by atoms with Crippen LogP contribution < -0.4 is 0 Å². The summed E-state index contributed by atoms with van der Waals surface area (Å²) in [4.78, 5) is 0. The molecule has 0 bridgehead atoms. The molecule has 0 nitrogen and oxygen atoms in total. The Hall–Kier alpha value is -0.270. The topological polar surface area (TPSA) is 0 Å². The summed E-state index contributed by atoms with van der Waals surface area (Å²) in [5.74, 6) is 0. The molecule has 2 heteroatoms. The van der Waals surface area contributed by atoms with E-state index in [0.717, 1.165) is 15.9 Å². The summed E-state index contributed by atoms with van der Waals surface area (Å²) in [6.45, 7) is 3.66. The second-order valence-corrected chi connectivity index (χ2v) is 3.52. The molecule has 0 N–H and O–H groups in total. The van der Waals surface area contributed by atoms with Crippen molar-refractivity contribution in [2.75, 3.05) is 0 Å². The Kier molecular flexibility index (Phi) is 3.16. The van der Waals surface area contributed by atoms with Gasteiger partial charge in [-0.3, -0.25) is 0 Å². The van der Waals surface area contributed by atoms with E-state index in [0.29, 0.717) is 0 Å². The maximum Gasteiger partial charge on any atom is 0.0409 e. The first-order valence-electron chi connectivity index (χ1n) is 3.29. The zero-order valence-electron chi connectivity index (χ0n) is 5.98. The second-order valence-electron chi connectivity index (χ2n) is 2.23. The minimum absolute atomic E-state index is 0.769. The average Bonchev–Trinajstić information content (AvgIpc) is 1.98. The van der Waals surface area contributed by atoms with E-state index in [1.807, 2.05) is 24.3 Å². The minimum atomic E-state index is 0.769. The maximum absolute atomic E-state index is 5.80. The highest BCUT2D eigenvalue weighted by molar-refractivity contribution is 9.10. The lowest BCUT2D eigenvalue weighted by atomic mass is 10.1. The third kappa shape index (κ3) is 2.35. The van der Waals surface area contributed by atoms with Crippen LogP contribution in [0.1, 0.15) is 5.56 Å². The van der Waals surface area contributed by atoms with Crippen LogP contribution in [0.3, 0.4) is 0 Å².